The van der Waals surface area contributed by atoms with Gasteiger partial charge in [0.15, 0.2) is 0 Å². The van der Waals surface area contributed by atoms with Crippen LogP contribution in [0, 0.1) is 5.41 Å². The molecule has 2 N–H and O–H groups in total. The molecular weight excluding hydrogens is 202 g/mol. The summed E-state index contributed by atoms with van der Waals surface area (Å²) in [5.41, 5.74) is 1.01. The van der Waals surface area contributed by atoms with Crippen molar-refractivity contribution in [2.45, 2.75) is 19.3 Å². The van der Waals surface area contributed by atoms with Gasteiger partial charge in [0.2, 0.25) is 5.91 Å². The number of carbonyl (C=O) groups is 1. The number of rotatable bonds is 5. The molecule has 1 aromatic carbocycles. The first kappa shape index (κ1) is 11.1. The van der Waals surface area contributed by atoms with Crippen molar-refractivity contribution >= 4 is 5.91 Å². The number of benzene rings is 1. The molecule has 0 radical (unpaired) electrons. The van der Waals surface area contributed by atoms with Gasteiger partial charge in [0.1, 0.15) is 0 Å². The van der Waals surface area contributed by atoms with E-state index in [1.807, 2.05) is 30.3 Å². The lowest BCUT2D eigenvalue weighted by Crippen LogP contribution is -2.32. The van der Waals surface area contributed by atoms with Crippen LogP contribution >= 0.6 is 0 Å². The molecule has 0 unspecified atom stereocenters. The van der Waals surface area contributed by atoms with E-state index in [-0.39, 0.29) is 17.9 Å². The van der Waals surface area contributed by atoms with E-state index in [1.54, 1.807) is 0 Å². The zero-order valence-electron chi connectivity index (χ0n) is 9.28. The van der Waals surface area contributed by atoms with Crippen LogP contribution in [-0.2, 0) is 11.2 Å². The number of hydrogen-bond acceptors (Lipinski definition) is 2. The Balaban J connectivity index is 1.77. The molecule has 2 rings (SSSR count). The second-order valence-corrected chi connectivity index (χ2v) is 4.60. The van der Waals surface area contributed by atoms with Crippen LogP contribution in [0.5, 0.6) is 0 Å². The monoisotopic (exact) mass is 219 g/mol. The van der Waals surface area contributed by atoms with Crippen molar-refractivity contribution in [3.63, 3.8) is 0 Å². The molecule has 1 aliphatic rings. The highest BCUT2D eigenvalue weighted by atomic mass is 16.3. The Labute approximate surface area is 95.5 Å². The molecule has 1 saturated carbocycles. The van der Waals surface area contributed by atoms with E-state index in [4.69, 9.17) is 5.11 Å². The molecular formula is C13H17NO2. The third-order valence-corrected chi connectivity index (χ3v) is 3.16. The Kier molecular flexibility index (Phi) is 3.25. The average Bonchev–Trinajstić information content (AvgIpc) is 3.09. The fraction of sp³-hybridized carbons (Fsp3) is 0.462. The van der Waals surface area contributed by atoms with E-state index in [0.717, 1.165) is 18.4 Å². The SMILES string of the molecule is O=C(Cc1ccccc1)NCC1(CO)CC1. The van der Waals surface area contributed by atoms with E-state index in [2.05, 4.69) is 5.32 Å². The number of aliphatic hydroxyl groups is 1. The minimum absolute atomic E-state index is 0.00759. The summed E-state index contributed by atoms with van der Waals surface area (Å²) in [7, 11) is 0. The zero-order valence-corrected chi connectivity index (χ0v) is 9.28. The first-order valence-electron chi connectivity index (χ1n) is 5.66. The van der Waals surface area contributed by atoms with Crippen molar-refractivity contribution in [3.8, 4) is 0 Å². The highest BCUT2D eigenvalue weighted by Gasteiger charge is 2.41. The van der Waals surface area contributed by atoms with Crippen molar-refractivity contribution in [2.24, 2.45) is 5.41 Å². The maximum Gasteiger partial charge on any atom is 0.224 e. The topological polar surface area (TPSA) is 49.3 Å². The summed E-state index contributed by atoms with van der Waals surface area (Å²) >= 11 is 0. The van der Waals surface area contributed by atoms with Gasteiger partial charge in [-0.2, -0.15) is 0 Å². The van der Waals surface area contributed by atoms with Crippen LogP contribution < -0.4 is 5.32 Å². The summed E-state index contributed by atoms with van der Waals surface area (Å²) in [6, 6.07) is 9.68. The molecule has 1 fully saturated rings. The van der Waals surface area contributed by atoms with Crippen LogP contribution in [0.4, 0.5) is 0 Å². The molecule has 0 atom stereocenters. The van der Waals surface area contributed by atoms with Gasteiger partial charge in [0, 0.05) is 12.0 Å². The Morgan fingerprint density at radius 2 is 2.00 bits per heavy atom. The fourth-order valence-corrected chi connectivity index (χ4v) is 1.70. The van der Waals surface area contributed by atoms with E-state index in [0.29, 0.717) is 13.0 Å². The third kappa shape index (κ3) is 2.83. The quantitative estimate of drug-likeness (QED) is 0.779. The van der Waals surface area contributed by atoms with Gasteiger partial charge in [0.05, 0.1) is 13.0 Å². The Morgan fingerprint density at radius 3 is 2.56 bits per heavy atom. The highest BCUT2D eigenvalue weighted by molar-refractivity contribution is 5.78. The first-order chi connectivity index (χ1) is 7.74. The number of carbonyl (C=O) groups excluding carboxylic acids is 1. The molecule has 0 heterocycles. The summed E-state index contributed by atoms with van der Waals surface area (Å²) in [5, 5.41) is 12.0. The molecule has 86 valence electrons. The molecule has 1 aliphatic carbocycles. The second kappa shape index (κ2) is 4.66. The number of amides is 1. The summed E-state index contributed by atoms with van der Waals surface area (Å²) in [4.78, 5) is 11.6. The van der Waals surface area contributed by atoms with Crippen LogP contribution in [-0.4, -0.2) is 24.2 Å². The van der Waals surface area contributed by atoms with Crippen molar-refractivity contribution in [2.75, 3.05) is 13.2 Å². The van der Waals surface area contributed by atoms with Gasteiger partial charge in [-0.1, -0.05) is 30.3 Å². The average molecular weight is 219 g/mol. The van der Waals surface area contributed by atoms with Gasteiger partial charge >= 0.3 is 0 Å². The van der Waals surface area contributed by atoms with Gasteiger partial charge in [-0.05, 0) is 18.4 Å². The number of hydrogen-bond donors (Lipinski definition) is 2. The molecule has 0 spiro atoms. The molecule has 0 aliphatic heterocycles. The molecule has 0 bridgehead atoms. The maximum atomic E-state index is 11.6. The first-order valence-corrected chi connectivity index (χ1v) is 5.66. The second-order valence-electron chi connectivity index (χ2n) is 4.60. The Bertz CT molecular complexity index is 357. The molecule has 3 heteroatoms. The van der Waals surface area contributed by atoms with Crippen LogP contribution in [0.1, 0.15) is 18.4 Å². The smallest absolute Gasteiger partial charge is 0.224 e. The van der Waals surface area contributed by atoms with Gasteiger partial charge in [0.25, 0.3) is 0 Å². The standard InChI is InChI=1S/C13H17NO2/c15-10-13(6-7-13)9-14-12(16)8-11-4-2-1-3-5-11/h1-5,15H,6-10H2,(H,14,16). The fourth-order valence-electron chi connectivity index (χ4n) is 1.70. The molecule has 16 heavy (non-hydrogen) atoms. The summed E-state index contributed by atoms with van der Waals surface area (Å²) in [5.74, 6) is 0.0333. The van der Waals surface area contributed by atoms with Crippen molar-refractivity contribution < 1.29 is 9.90 Å². The van der Waals surface area contributed by atoms with Crippen LogP contribution in [0.2, 0.25) is 0 Å². The lowest BCUT2D eigenvalue weighted by Gasteiger charge is -2.12. The number of aliphatic hydroxyl groups excluding tert-OH is 1. The van der Waals surface area contributed by atoms with Crippen LogP contribution in [0.25, 0.3) is 0 Å². The normalized spacial score (nSPS) is 16.8. The molecule has 0 aromatic heterocycles. The summed E-state index contributed by atoms with van der Waals surface area (Å²) in [6.45, 7) is 0.785. The summed E-state index contributed by atoms with van der Waals surface area (Å²) < 4.78 is 0. The maximum absolute atomic E-state index is 11.6. The van der Waals surface area contributed by atoms with E-state index < -0.39 is 0 Å². The third-order valence-electron chi connectivity index (χ3n) is 3.16. The summed E-state index contributed by atoms with van der Waals surface area (Å²) in [6.07, 6.45) is 2.46. The minimum atomic E-state index is -0.00759. The minimum Gasteiger partial charge on any atom is -0.396 e. The lowest BCUT2D eigenvalue weighted by atomic mass is 10.1. The van der Waals surface area contributed by atoms with Crippen LogP contribution in [0.15, 0.2) is 30.3 Å². The van der Waals surface area contributed by atoms with Gasteiger partial charge in [-0.25, -0.2) is 0 Å². The predicted octanol–water partition coefficient (Wildman–Crippen LogP) is 1.12. The van der Waals surface area contributed by atoms with E-state index in [1.165, 1.54) is 0 Å². The van der Waals surface area contributed by atoms with Crippen molar-refractivity contribution in [1.82, 2.24) is 5.32 Å². The zero-order chi connectivity index (χ0) is 11.4. The van der Waals surface area contributed by atoms with Gasteiger partial charge < -0.3 is 10.4 Å². The van der Waals surface area contributed by atoms with Crippen molar-refractivity contribution in [1.29, 1.82) is 0 Å². The molecule has 1 amide bonds. The predicted molar refractivity (Wildman–Crippen MR) is 61.9 cm³/mol. The Morgan fingerprint density at radius 1 is 1.31 bits per heavy atom. The molecule has 1 aromatic rings. The Hall–Kier alpha value is -1.35. The number of nitrogens with one attached hydrogen (secondary N) is 1. The van der Waals surface area contributed by atoms with Crippen LogP contribution in [0.3, 0.4) is 0 Å². The van der Waals surface area contributed by atoms with Gasteiger partial charge in [-0.3, -0.25) is 4.79 Å². The molecule has 3 nitrogen and oxygen atoms in total. The van der Waals surface area contributed by atoms with Crippen molar-refractivity contribution in [3.05, 3.63) is 35.9 Å². The molecule has 0 saturated heterocycles. The van der Waals surface area contributed by atoms with E-state index >= 15 is 0 Å². The van der Waals surface area contributed by atoms with Gasteiger partial charge in [-0.15, -0.1) is 0 Å². The lowest BCUT2D eigenvalue weighted by molar-refractivity contribution is -0.120. The highest BCUT2D eigenvalue weighted by Crippen LogP contribution is 2.44. The largest absolute Gasteiger partial charge is 0.396 e. The van der Waals surface area contributed by atoms with E-state index in [9.17, 15) is 4.79 Å².